The highest BCUT2D eigenvalue weighted by Gasteiger charge is 2.43. The Morgan fingerprint density at radius 1 is 1.06 bits per heavy atom. The summed E-state index contributed by atoms with van der Waals surface area (Å²) < 4.78 is 52.3. The largest absolute Gasteiger partial charge is 0.454 e. The topological polar surface area (TPSA) is 71.6 Å². The number of rotatable bonds is 11. The number of benzene rings is 2. The second-order valence-electron chi connectivity index (χ2n) is 8.80. The molecule has 0 aromatic heterocycles. The molecule has 3 rings (SSSR count). The third-order valence-electron chi connectivity index (χ3n) is 5.62. The van der Waals surface area contributed by atoms with E-state index in [2.05, 4.69) is 16.0 Å². The lowest BCUT2D eigenvalue weighted by atomic mass is 9.99. The van der Waals surface area contributed by atoms with Gasteiger partial charge in [-0.15, -0.1) is 0 Å². The first-order valence-corrected chi connectivity index (χ1v) is 11.5. The van der Waals surface area contributed by atoms with Gasteiger partial charge in [-0.1, -0.05) is 51.1 Å². The molecule has 0 radical (unpaired) electrons. The Balaban J connectivity index is 1.66. The monoisotopic (exact) mass is 479 g/mol. The Labute approximate surface area is 198 Å². The first-order valence-electron chi connectivity index (χ1n) is 11.5. The number of nitrogens with one attached hydrogen (secondary N) is 3. The number of halogens is 3. The predicted octanol–water partition coefficient (Wildman–Crippen LogP) is 5.03. The molecule has 0 bridgehead atoms. The van der Waals surface area contributed by atoms with Crippen LogP contribution in [0.4, 0.5) is 18.9 Å². The molecule has 0 unspecified atom stereocenters. The zero-order valence-corrected chi connectivity index (χ0v) is 19.6. The number of carbonyl (C=O) groups excluding carboxylic acids is 1. The van der Waals surface area contributed by atoms with Crippen molar-refractivity contribution >= 4 is 11.6 Å². The van der Waals surface area contributed by atoms with Crippen molar-refractivity contribution in [2.24, 2.45) is 5.92 Å². The molecule has 0 aliphatic carbocycles. The zero-order valence-electron chi connectivity index (χ0n) is 19.6. The van der Waals surface area contributed by atoms with E-state index in [9.17, 15) is 18.0 Å². The van der Waals surface area contributed by atoms with Gasteiger partial charge in [0.1, 0.15) is 6.04 Å². The normalized spacial score (nSPS) is 15.6. The molecule has 1 aliphatic rings. The summed E-state index contributed by atoms with van der Waals surface area (Å²) in [5, 5.41) is 8.75. The number of hydrogen-bond donors (Lipinski definition) is 3. The van der Waals surface area contributed by atoms with Gasteiger partial charge >= 0.3 is 6.18 Å². The van der Waals surface area contributed by atoms with Gasteiger partial charge in [0.2, 0.25) is 12.7 Å². The lowest BCUT2D eigenvalue weighted by molar-refractivity contribution is -0.161. The van der Waals surface area contributed by atoms with Crippen LogP contribution in [0.3, 0.4) is 0 Å². The molecule has 0 saturated carbocycles. The molecule has 6 nitrogen and oxygen atoms in total. The molecule has 3 atom stereocenters. The van der Waals surface area contributed by atoms with Gasteiger partial charge in [0.25, 0.3) is 0 Å². The van der Waals surface area contributed by atoms with Crippen molar-refractivity contribution in [1.82, 2.24) is 10.6 Å². The van der Waals surface area contributed by atoms with Crippen LogP contribution in [0, 0.1) is 5.92 Å². The number of fused-ring (bicyclic) bond motifs is 1. The van der Waals surface area contributed by atoms with Gasteiger partial charge in [0, 0.05) is 24.3 Å². The van der Waals surface area contributed by atoms with Gasteiger partial charge in [-0.2, -0.15) is 13.2 Å². The van der Waals surface area contributed by atoms with Crippen LogP contribution in [0.15, 0.2) is 48.5 Å². The highest BCUT2D eigenvalue weighted by atomic mass is 19.4. The molecule has 1 aliphatic heterocycles. The standard InChI is InChI=1S/C25H32F3N3O3/c1-4-18(14-29-19-10-11-21-22(13-19)34-15-33-21)30-24(32)20(12-16(2)3)31-23(25(26,27)28)17-8-6-5-7-9-17/h5-11,13,16,18,20,23,29,31H,4,12,14-15H2,1-3H3,(H,30,32)/t18-,20-,23-/m0/s1. The number of amides is 1. The molecular weight excluding hydrogens is 447 g/mol. The van der Waals surface area contributed by atoms with Crippen molar-refractivity contribution in [3.8, 4) is 11.5 Å². The number of hydrogen-bond acceptors (Lipinski definition) is 5. The smallest absolute Gasteiger partial charge is 0.407 e. The van der Waals surface area contributed by atoms with Crippen LogP contribution >= 0.6 is 0 Å². The summed E-state index contributed by atoms with van der Waals surface area (Å²) in [6.07, 6.45) is -3.65. The first-order chi connectivity index (χ1) is 16.2. The van der Waals surface area contributed by atoms with Crippen LogP contribution in [0.25, 0.3) is 0 Å². The molecule has 2 aromatic carbocycles. The number of alkyl halides is 3. The van der Waals surface area contributed by atoms with E-state index in [-0.39, 0.29) is 30.7 Å². The van der Waals surface area contributed by atoms with Crippen LogP contribution in [0.5, 0.6) is 11.5 Å². The van der Waals surface area contributed by atoms with Crippen molar-refractivity contribution in [3.63, 3.8) is 0 Å². The minimum atomic E-state index is -4.54. The maximum atomic E-state index is 13.9. The molecule has 0 spiro atoms. The second kappa shape index (κ2) is 11.5. The Kier molecular flexibility index (Phi) is 8.66. The van der Waals surface area contributed by atoms with E-state index in [0.717, 1.165) is 5.69 Å². The summed E-state index contributed by atoms with van der Waals surface area (Å²) in [5.74, 6) is 0.895. The van der Waals surface area contributed by atoms with Crippen molar-refractivity contribution < 1.29 is 27.4 Å². The average molecular weight is 480 g/mol. The highest BCUT2D eigenvalue weighted by molar-refractivity contribution is 5.82. The summed E-state index contributed by atoms with van der Waals surface area (Å²) in [5.41, 5.74) is 0.878. The molecule has 1 heterocycles. The van der Waals surface area contributed by atoms with Gasteiger partial charge in [0.15, 0.2) is 11.5 Å². The third kappa shape index (κ3) is 7.03. The Bertz CT molecular complexity index is 938. The van der Waals surface area contributed by atoms with E-state index in [1.54, 1.807) is 24.3 Å². The van der Waals surface area contributed by atoms with Crippen LogP contribution in [0.1, 0.15) is 45.2 Å². The Morgan fingerprint density at radius 3 is 2.41 bits per heavy atom. The number of anilines is 1. The molecule has 1 amide bonds. The van der Waals surface area contributed by atoms with E-state index in [0.29, 0.717) is 24.5 Å². The number of ether oxygens (including phenoxy) is 2. The molecule has 0 fully saturated rings. The van der Waals surface area contributed by atoms with E-state index in [4.69, 9.17) is 9.47 Å². The van der Waals surface area contributed by atoms with Crippen molar-refractivity contribution in [2.45, 2.75) is 57.9 Å². The maximum absolute atomic E-state index is 13.9. The second-order valence-corrected chi connectivity index (χ2v) is 8.80. The van der Waals surface area contributed by atoms with Crippen LogP contribution in [-0.4, -0.2) is 37.5 Å². The maximum Gasteiger partial charge on any atom is 0.407 e. The lowest BCUT2D eigenvalue weighted by Gasteiger charge is -2.29. The fourth-order valence-electron chi connectivity index (χ4n) is 3.80. The summed E-state index contributed by atoms with van der Waals surface area (Å²) >= 11 is 0. The zero-order chi connectivity index (χ0) is 24.7. The third-order valence-corrected chi connectivity index (χ3v) is 5.62. The van der Waals surface area contributed by atoms with E-state index < -0.39 is 24.2 Å². The first kappa shape index (κ1) is 25.7. The molecule has 2 aromatic rings. The fraction of sp³-hybridized carbons (Fsp3) is 0.480. The van der Waals surface area contributed by atoms with Crippen molar-refractivity contribution in [3.05, 3.63) is 54.1 Å². The van der Waals surface area contributed by atoms with Gasteiger partial charge < -0.3 is 20.1 Å². The molecule has 3 N–H and O–H groups in total. The highest BCUT2D eigenvalue weighted by Crippen LogP contribution is 2.35. The molecule has 186 valence electrons. The molecule has 9 heteroatoms. The van der Waals surface area contributed by atoms with Crippen LogP contribution < -0.4 is 25.4 Å². The van der Waals surface area contributed by atoms with Crippen molar-refractivity contribution in [1.29, 1.82) is 0 Å². The lowest BCUT2D eigenvalue weighted by Crippen LogP contribution is -2.52. The molecule has 0 saturated heterocycles. The van der Waals surface area contributed by atoms with Crippen LogP contribution in [0.2, 0.25) is 0 Å². The van der Waals surface area contributed by atoms with Gasteiger partial charge in [-0.3, -0.25) is 10.1 Å². The molecule has 34 heavy (non-hydrogen) atoms. The average Bonchev–Trinajstić information content (AvgIpc) is 3.26. The summed E-state index contributed by atoms with van der Waals surface area (Å²) in [6, 6.07) is 9.87. The SMILES string of the molecule is CC[C@@H](CNc1ccc2c(c1)OCO2)NC(=O)[C@H](CC(C)C)N[C@@H](c1ccccc1)C(F)(F)F. The quantitative estimate of drug-likeness (QED) is 0.422. The number of carbonyl (C=O) groups is 1. The van der Waals surface area contributed by atoms with Crippen LogP contribution in [-0.2, 0) is 4.79 Å². The van der Waals surface area contributed by atoms with Gasteiger partial charge in [0.05, 0.1) is 6.04 Å². The molecular formula is C25H32F3N3O3. The summed E-state index contributed by atoms with van der Waals surface area (Å²) in [6.45, 7) is 6.27. The van der Waals surface area contributed by atoms with E-state index in [1.165, 1.54) is 12.1 Å². The van der Waals surface area contributed by atoms with Gasteiger partial charge in [-0.25, -0.2) is 0 Å². The Hall–Kier alpha value is -2.94. The summed E-state index contributed by atoms with van der Waals surface area (Å²) in [7, 11) is 0. The fourth-order valence-corrected chi connectivity index (χ4v) is 3.80. The minimum Gasteiger partial charge on any atom is -0.454 e. The van der Waals surface area contributed by atoms with Crippen molar-refractivity contribution in [2.75, 3.05) is 18.7 Å². The van der Waals surface area contributed by atoms with E-state index in [1.807, 2.05) is 32.9 Å². The van der Waals surface area contributed by atoms with Gasteiger partial charge in [-0.05, 0) is 36.5 Å². The predicted molar refractivity (Wildman–Crippen MR) is 125 cm³/mol. The summed E-state index contributed by atoms with van der Waals surface area (Å²) in [4.78, 5) is 13.1. The van der Waals surface area contributed by atoms with E-state index >= 15 is 0 Å². The minimum absolute atomic E-state index is 0.0275. The Morgan fingerprint density at radius 2 is 1.76 bits per heavy atom.